The molecule has 1 N–H and O–H groups in total. The highest BCUT2D eigenvalue weighted by Gasteiger charge is 2.02. The van der Waals surface area contributed by atoms with E-state index in [2.05, 4.69) is 74.2 Å². The molecule has 94 valence electrons. The van der Waals surface area contributed by atoms with Gasteiger partial charge in [0.25, 0.3) is 0 Å². The van der Waals surface area contributed by atoms with Gasteiger partial charge in [-0.3, -0.25) is 4.98 Å². The second-order valence-electron chi connectivity index (χ2n) is 4.29. The van der Waals surface area contributed by atoms with Crippen LogP contribution in [0.2, 0.25) is 0 Å². The van der Waals surface area contributed by atoms with Crippen molar-refractivity contribution in [2.24, 2.45) is 0 Å². The highest BCUT2D eigenvalue weighted by molar-refractivity contribution is 9.10. The Hall–Kier alpha value is -0.870. The van der Waals surface area contributed by atoms with Crippen molar-refractivity contribution in [1.29, 1.82) is 0 Å². The Labute approximate surface area is 124 Å². The average molecular weight is 370 g/mol. The molecule has 0 saturated heterocycles. The number of hydrogen-bond acceptors (Lipinski definition) is 2. The van der Waals surface area contributed by atoms with Crippen LogP contribution in [0.15, 0.2) is 39.5 Å². The van der Waals surface area contributed by atoms with Gasteiger partial charge in [-0.15, -0.1) is 0 Å². The molecule has 1 aromatic carbocycles. The molecule has 4 heteroatoms. The van der Waals surface area contributed by atoms with Crippen LogP contribution in [0.5, 0.6) is 0 Å². The van der Waals surface area contributed by atoms with E-state index in [1.165, 1.54) is 15.6 Å². The predicted octanol–water partition coefficient (Wildman–Crippen LogP) is 4.84. The van der Waals surface area contributed by atoms with Crippen molar-refractivity contribution >= 4 is 37.5 Å². The van der Waals surface area contributed by atoms with Gasteiger partial charge in [-0.05, 0) is 64.7 Å². The fourth-order valence-electron chi connectivity index (χ4n) is 1.80. The minimum Gasteiger partial charge on any atom is -0.381 e. The number of halogens is 2. The minimum absolute atomic E-state index is 0.771. The summed E-state index contributed by atoms with van der Waals surface area (Å²) in [5, 5.41) is 3.42. The number of pyridine rings is 1. The Morgan fingerprint density at radius 3 is 2.33 bits per heavy atom. The van der Waals surface area contributed by atoms with Gasteiger partial charge in [0.05, 0.1) is 0 Å². The lowest BCUT2D eigenvalue weighted by molar-refractivity contribution is 1.10. The first-order valence-corrected chi connectivity index (χ1v) is 7.25. The summed E-state index contributed by atoms with van der Waals surface area (Å²) in [6.45, 7) is 4.97. The molecule has 0 bridgehead atoms. The summed E-state index contributed by atoms with van der Waals surface area (Å²) in [5.74, 6) is 0. The van der Waals surface area contributed by atoms with Crippen molar-refractivity contribution in [3.8, 4) is 0 Å². The molecule has 1 aromatic heterocycles. The summed E-state index contributed by atoms with van der Waals surface area (Å²) >= 11 is 7.00. The largest absolute Gasteiger partial charge is 0.381 e. The topological polar surface area (TPSA) is 24.9 Å². The summed E-state index contributed by atoms with van der Waals surface area (Å²) < 4.78 is 2.18. The van der Waals surface area contributed by atoms with Crippen LogP contribution in [-0.4, -0.2) is 4.98 Å². The van der Waals surface area contributed by atoms with Gasteiger partial charge in [-0.25, -0.2) is 0 Å². The highest BCUT2D eigenvalue weighted by Crippen LogP contribution is 2.25. The fraction of sp³-hybridized carbons (Fsp3) is 0.214. The first-order chi connectivity index (χ1) is 8.56. The van der Waals surface area contributed by atoms with Gasteiger partial charge >= 0.3 is 0 Å². The van der Waals surface area contributed by atoms with E-state index in [0.717, 1.165) is 22.3 Å². The zero-order valence-electron chi connectivity index (χ0n) is 10.3. The van der Waals surface area contributed by atoms with Crippen LogP contribution in [0.1, 0.15) is 16.7 Å². The van der Waals surface area contributed by atoms with Crippen LogP contribution >= 0.6 is 31.9 Å². The highest BCUT2D eigenvalue weighted by atomic mass is 79.9. The quantitative estimate of drug-likeness (QED) is 0.837. The molecule has 0 spiro atoms. The Morgan fingerprint density at radius 1 is 1.06 bits per heavy atom. The van der Waals surface area contributed by atoms with Gasteiger partial charge < -0.3 is 5.32 Å². The van der Waals surface area contributed by atoms with Crippen molar-refractivity contribution in [2.75, 3.05) is 5.32 Å². The lowest BCUT2D eigenvalue weighted by Gasteiger charge is -2.10. The van der Waals surface area contributed by atoms with Crippen molar-refractivity contribution in [3.05, 3.63) is 56.2 Å². The van der Waals surface area contributed by atoms with E-state index in [1.54, 1.807) is 6.20 Å². The van der Waals surface area contributed by atoms with Crippen LogP contribution in [0.4, 0.5) is 5.69 Å². The Morgan fingerprint density at radius 2 is 1.72 bits per heavy atom. The molecule has 0 unspecified atom stereocenters. The van der Waals surface area contributed by atoms with Crippen LogP contribution < -0.4 is 5.32 Å². The molecule has 0 fully saturated rings. The van der Waals surface area contributed by atoms with Gasteiger partial charge in [0.1, 0.15) is 0 Å². The Kier molecular flexibility index (Phi) is 4.40. The fourth-order valence-corrected chi connectivity index (χ4v) is 2.45. The monoisotopic (exact) mass is 368 g/mol. The number of rotatable bonds is 3. The van der Waals surface area contributed by atoms with Gasteiger partial charge in [-0.1, -0.05) is 15.9 Å². The van der Waals surface area contributed by atoms with E-state index < -0.39 is 0 Å². The lowest BCUT2D eigenvalue weighted by atomic mass is 10.1. The zero-order chi connectivity index (χ0) is 13.1. The molecular weight excluding hydrogens is 356 g/mol. The normalized spacial score (nSPS) is 10.4. The summed E-state index contributed by atoms with van der Waals surface area (Å²) in [6.07, 6.45) is 3.66. The molecule has 0 atom stereocenters. The van der Waals surface area contributed by atoms with E-state index in [0.29, 0.717) is 0 Å². The summed E-state index contributed by atoms with van der Waals surface area (Å²) in [5.41, 5.74) is 4.77. The lowest BCUT2D eigenvalue weighted by Crippen LogP contribution is -2.01. The van der Waals surface area contributed by atoms with E-state index in [1.807, 2.05) is 6.20 Å². The van der Waals surface area contributed by atoms with E-state index in [4.69, 9.17) is 0 Å². The number of anilines is 1. The number of aryl methyl sites for hydroxylation is 2. The third kappa shape index (κ3) is 3.33. The molecule has 0 aliphatic rings. The summed E-state index contributed by atoms with van der Waals surface area (Å²) in [7, 11) is 0. The van der Waals surface area contributed by atoms with E-state index in [-0.39, 0.29) is 0 Å². The smallest absolute Gasteiger partial charge is 0.0416 e. The molecule has 0 radical (unpaired) electrons. The molecule has 2 nitrogen and oxygen atoms in total. The van der Waals surface area contributed by atoms with Gasteiger partial charge in [0, 0.05) is 33.6 Å². The standard InChI is InChI=1S/C14H14Br2N2/c1-9-3-13(4-10(2)14(9)16)18-7-11-5-12(15)8-17-6-11/h3-6,8,18H,7H2,1-2H3. The molecule has 2 aromatic rings. The molecule has 1 heterocycles. The SMILES string of the molecule is Cc1cc(NCc2cncc(Br)c2)cc(C)c1Br. The number of benzene rings is 1. The average Bonchev–Trinajstić information content (AvgIpc) is 2.33. The zero-order valence-corrected chi connectivity index (χ0v) is 13.5. The molecule has 18 heavy (non-hydrogen) atoms. The molecule has 0 aliphatic heterocycles. The van der Waals surface area contributed by atoms with Crippen molar-refractivity contribution in [3.63, 3.8) is 0 Å². The Balaban J connectivity index is 2.11. The van der Waals surface area contributed by atoms with Crippen LogP contribution in [-0.2, 0) is 6.54 Å². The summed E-state index contributed by atoms with van der Waals surface area (Å²) in [6, 6.07) is 6.35. The molecule has 0 amide bonds. The third-order valence-electron chi connectivity index (χ3n) is 2.69. The van der Waals surface area contributed by atoms with Gasteiger partial charge in [0.2, 0.25) is 0 Å². The maximum Gasteiger partial charge on any atom is 0.0416 e. The van der Waals surface area contributed by atoms with Crippen LogP contribution in [0.3, 0.4) is 0 Å². The number of hydrogen-bond donors (Lipinski definition) is 1. The second-order valence-corrected chi connectivity index (χ2v) is 6.00. The second kappa shape index (κ2) is 5.85. The number of nitrogens with one attached hydrogen (secondary N) is 1. The van der Waals surface area contributed by atoms with Crippen molar-refractivity contribution < 1.29 is 0 Å². The first kappa shape index (κ1) is 13.6. The maximum absolute atomic E-state index is 4.15. The van der Waals surface area contributed by atoms with Crippen molar-refractivity contribution in [2.45, 2.75) is 20.4 Å². The minimum atomic E-state index is 0.771. The van der Waals surface area contributed by atoms with Gasteiger partial charge in [0.15, 0.2) is 0 Å². The third-order valence-corrected chi connectivity index (χ3v) is 4.38. The molecule has 0 saturated carbocycles. The molecule has 0 aliphatic carbocycles. The van der Waals surface area contributed by atoms with E-state index in [9.17, 15) is 0 Å². The summed E-state index contributed by atoms with van der Waals surface area (Å²) in [4.78, 5) is 4.15. The van der Waals surface area contributed by atoms with E-state index >= 15 is 0 Å². The molecule has 2 rings (SSSR count). The predicted molar refractivity (Wildman–Crippen MR) is 82.9 cm³/mol. The Bertz CT molecular complexity index is 544. The van der Waals surface area contributed by atoms with Crippen LogP contribution in [0.25, 0.3) is 0 Å². The van der Waals surface area contributed by atoms with Crippen LogP contribution in [0, 0.1) is 13.8 Å². The first-order valence-electron chi connectivity index (χ1n) is 5.66. The molecular formula is C14H14Br2N2. The number of aromatic nitrogens is 1. The maximum atomic E-state index is 4.15. The van der Waals surface area contributed by atoms with Gasteiger partial charge in [-0.2, -0.15) is 0 Å². The number of nitrogens with zero attached hydrogens (tertiary/aromatic N) is 1. The van der Waals surface area contributed by atoms with Crippen molar-refractivity contribution in [1.82, 2.24) is 4.98 Å².